The monoisotopic (exact) mass is 262 g/mol. The lowest BCUT2D eigenvalue weighted by molar-refractivity contribution is 0.578. The minimum absolute atomic E-state index is 0.269. The van der Waals surface area contributed by atoms with Crippen molar-refractivity contribution in [2.75, 3.05) is 0 Å². The average molecular weight is 262 g/mol. The van der Waals surface area contributed by atoms with E-state index < -0.39 is 0 Å². The van der Waals surface area contributed by atoms with Crippen molar-refractivity contribution in [1.82, 2.24) is 14.8 Å². The molecular formula is C14H19FN4. The molecule has 0 aromatic carbocycles. The van der Waals surface area contributed by atoms with Gasteiger partial charge in [0.1, 0.15) is 5.82 Å². The van der Waals surface area contributed by atoms with Crippen molar-refractivity contribution in [3.63, 3.8) is 0 Å². The van der Waals surface area contributed by atoms with Crippen LogP contribution in [0.3, 0.4) is 0 Å². The zero-order valence-electron chi connectivity index (χ0n) is 11.3. The van der Waals surface area contributed by atoms with E-state index in [0.29, 0.717) is 12.0 Å². The van der Waals surface area contributed by atoms with E-state index in [1.807, 2.05) is 11.6 Å². The number of aryl methyl sites for hydroxylation is 2. The Morgan fingerprint density at radius 2 is 2.11 bits per heavy atom. The number of hydrogen-bond acceptors (Lipinski definition) is 3. The number of aromatic nitrogens is 3. The summed E-state index contributed by atoms with van der Waals surface area (Å²) in [6.45, 7) is 4.93. The lowest BCUT2D eigenvalue weighted by Crippen LogP contribution is -2.16. The summed E-state index contributed by atoms with van der Waals surface area (Å²) in [5.74, 6) is -0.355. The van der Waals surface area contributed by atoms with Crippen molar-refractivity contribution in [2.45, 2.75) is 39.3 Å². The number of hydrogen-bond donors (Lipinski definition) is 1. The van der Waals surface area contributed by atoms with Gasteiger partial charge >= 0.3 is 0 Å². The summed E-state index contributed by atoms with van der Waals surface area (Å²) in [4.78, 5) is 3.83. The first-order valence-electron chi connectivity index (χ1n) is 6.55. The molecular weight excluding hydrogens is 243 g/mol. The van der Waals surface area contributed by atoms with Crippen LogP contribution in [0.1, 0.15) is 36.8 Å². The molecule has 0 radical (unpaired) electrons. The molecule has 0 saturated heterocycles. The van der Waals surface area contributed by atoms with E-state index in [1.54, 1.807) is 6.20 Å². The molecule has 0 aliphatic rings. The lowest BCUT2D eigenvalue weighted by Gasteiger charge is -2.12. The molecule has 2 aromatic heterocycles. The molecule has 5 heteroatoms. The van der Waals surface area contributed by atoms with Crippen molar-refractivity contribution >= 4 is 0 Å². The van der Waals surface area contributed by atoms with E-state index in [2.05, 4.69) is 23.1 Å². The highest BCUT2D eigenvalue weighted by Crippen LogP contribution is 2.17. The molecule has 2 aromatic rings. The summed E-state index contributed by atoms with van der Waals surface area (Å²) in [5, 5.41) is 4.48. The SMILES string of the molecule is CCc1cc(CC(N)c2cncc(F)c2)n(CC)n1. The number of pyridine rings is 1. The molecule has 0 aliphatic heterocycles. The maximum absolute atomic E-state index is 13.1. The number of rotatable bonds is 5. The van der Waals surface area contributed by atoms with Crippen LogP contribution in [0, 0.1) is 5.82 Å². The van der Waals surface area contributed by atoms with Crippen molar-refractivity contribution < 1.29 is 4.39 Å². The fourth-order valence-corrected chi connectivity index (χ4v) is 2.10. The number of nitrogens with two attached hydrogens (primary N) is 1. The second-order valence-electron chi connectivity index (χ2n) is 4.54. The molecule has 19 heavy (non-hydrogen) atoms. The van der Waals surface area contributed by atoms with Gasteiger partial charge in [-0.25, -0.2) is 4.39 Å². The molecule has 2 N–H and O–H groups in total. The summed E-state index contributed by atoms with van der Waals surface area (Å²) in [6.07, 6.45) is 4.32. The van der Waals surface area contributed by atoms with Gasteiger partial charge in [-0.05, 0) is 31.0 Å². The summed E-state index contributed by atoms with van der Waals surface area (Å²) in [7, 11) is 0. The van der Waals surface area contributed by atoms with Crippen LogP contribution in [0.5, 0.6) is 0 Å². The van der Waals surface area contributed by atoms with Gasteiger partial charge in [-0.15, -0.1) is 0 Å². The molecule has 1 atom stereocenters. The van der Waals surface area contributed by atoms with E-state index in [4.69, 9.17) is 5.73 Å². The third-order valence-corrected chi connectivity index (χ3v) is 3.16. The first-order valence-corrected chi connectivity index (χ1v) is 6.55. The van der Waals surface area contributed by atoms with Crippen molar-refractivity contribution in [3.8, 4) is 0 Å². The first kappa shape index (κ1) is 13.7. The van der Waals surface area contributed by atoms with Crippen LogP contribution in [0.15, 0.2) is 24.5 Å². The predicted molar refractivity (Wildman–Crippen MR) is 72.1 cm³/mol. The van der Waals surface area contributed by atoms with Gasteiger partial charge in [0.2, 0.25) is 0 Å². The molecule has 4 nitrogen and oxygen atoms in total. The van der Waals surface area contributed by atoms with E-state index >= 15 is 0 Å². The Morgan fingerprint density at radius 3 is 2.74 bits per heavy atom. The van der Waals surface area contributed by atoms with Gasteiger partial charge in [0.05, 0.1) is 11.9 Å². The average Bonchev–Trinajstić information content (AvgIpc) is 2.81. The highest BCUT2D eigenvalue weighted by molar-refractivity contribution is 5.19. The molecule has 0 aliphatic carbocycles. The molecule has 0 spiro atoms. The molecule has 0 amide bonds. The van der Waals surface area contributed by atoms with E-state index in [-0.39, 0.29) is 11.9 Å². The molecule has 2 heterocycles. The van der Waals surface area contributed by atoms with Gasteiger partial charge in [0, 0.05) is 30.9 Å². The van der Waals surface area contributed by atoms with E-state index in [1.165, 1.54) is 12.3 Å². The summed E-state index contributed by atoms with van der Waals surface area (Å²) in [5.41, 5.74) is 8.97. The molecule has 2 rings (SSSR count). The van der Waals surface area contributed by atoms with Gasteiger partial charge in [0.25, 0.3) is 0 Å². The third kappa shape index (κ3) is 3.17. The van der Waals surface area contributed by atoms with Gasteiger partial charge in [-0.1, -0.05) is 6.92 Å². The lowest BCUT2D eigenvalue weighted by atomic mass is 10.0. The topological polar surface area (TPSA) is 56.7 Å². The Labute approximate surface area is 112 Å². The summed E-state index contributed by atoms with van der Waals surface area (Å²) >= 11 is 0. The Kier molecular flexibility index (Phi) is 4.27. The predicted octanol–water partition coefficient (Wildman–Crippen LogP) is 2.24. The van der Waals surface area contributed by atoms with Crippen molar-refractivity contribution in [2.24, 2.45) is 5.73 Å². The number of nitrogens with zero attached hydrogens (tertiary/aromatic N) is 3. The second-order valence-corrected chi connectivity index (χ2v) is 4.54. The van der Waals surface area contributed by atoms with Crippen LogP contribution in [0.25, 0.3) is 0 Å². The molecule has 0 saturated carbocycles. The van der Waals surface area contributed by atoms with Crippen LogP contribution >= 0.6 is 0 Å². The third-order valence-electron chi connectivity index (χ3n) is 3.16. The van der Waals surface area contributed by atoms with Crippen molar-refractivity contribution in [3.05, 3.63) is 47.3 Å². The van der Waals surface area contributed by atoms with Gasteiger partial charge < -0.3 is 5.73 Å². The minimum atomic E-state index is -0.355. The highest BCUT2D eigenvalue weighted by Gasteiger charge is 2.13. The van der Waals surface area contributed by atoms with Crippen LogP contribution in [-0.2, 0) is 19.4 Å². The summed E-state index contributed by atoms with van der Waals surface area (Å²) in [6, 6.07) is 3.23. The fraction of sp³-hybridized carbons (Fsp3) is 0.429. The standard InChI is InChI=1S/C14H19FN4/c1-3-12-6-13(19(4-2)18-12)7-14(16)10-5-11(15)9-17-8-10/h5-6,8-9,14H,3-4,7,16H2,1-2H3. The van der Waals surface area contributed by atoms with E-state index in [0.717, 1.165) is 24.4 Å². The number of halogens is 1. The van der Waals surface area contributed by atoms with Crippen LogP contribution in [0.4, 0.5) is 4.39 Å². The van der Waals surface area contributed by atoms with Crippen LogP contribution in [0.2, 0.25) is 0 Å². The molecule has 1 unspecified atom stereocenters. The second kappa shape index (κ2) is 5.93. The van der Waals surface area contributed by atoms with Gasteiger partial charge in [0.15, 0.2) is 0 Å². The van der Waals surface area contributed by atoms with Gasteiger partial charge in [-0.2, -0.15) is 5.10 Å². The maximum Gasteiger partial charge on any atom is 0.141 e. The summed E-state index contributed by atoms with van der Waals surface area (Å²) < 4.78 is 15.1. The molecule has 0 fully saturated rings. The minimum Gasteiger partial charge on any atom is -0.324 e. The Balaban J connectivity index is 2.18. The van der Waals surface area contributed by atoms with E-state index in [9.17, 15) is 4.39 Å². The normalized spacial score (nSPS) is 12.6. The largest absolute Gasteiger partial charge is 0.324 e. The smallest absolute Gasteiger partial charge is 0.141 e. The molecule has 0 bridgehead atoms. The highest BCUT2D eigenvalue weighted by atomic mass is 19.1. The maximum atomic E-state index is 13.1. The van der Waals surface area contributed by atoms with Crippen LogP contribution < -0.4 is 5.73 Å². The fourth-order valence-electron chi connectivity index (χ4n) is 2.10. The first-order chi connectivity index (χ1) is 9.13. The zero-order valence-corrected chi connectivity index (χ0v) is 11.3. The Hall–Kier alpha value is -1.75. The Morgan fingerprint density at radius 1 is 1.32 bits per heavy atom. The van der Waals surface area contributed by atoms with Crippen LogP contribution in [-0.4, -0.2) is 14.8 Å². The zero-order chi connectivity index (χ0) is 13.8. The van der Waals surface area contributed by atoms with Gasteiger partial charge in [-0.3, -0.25) is 9.67 Å². The quantitative estimate of drug-likeness (QED) is 0.899. The molecule has 102 valence electrons. The Bertz CT molecular complexity index is 550. The van der Waals surface area contributed by atoms with Crippen molar-refractivity contribution in [1.29, 1.82) is 0 Å².